The second kappa shape index (κ2) is 6.56. The Morgan fingerprint density at radius 3 is 2.79 bits per heavy atom. The molecule has 0 aliphatic carbocycles. The molecule has 0 saturated carbocycles. The first-order valence-corrected chi connectivity index (χ1v) is 8.51. The Labute approximate surface area is 115 Å². The van der Waals surface area contributed by atoms with Crippen molar-refractivity contribution in [3.05, 3.63) is 30.3 Å². The van der Waals surface area contributed by atoms with Gasteiger partial charge in [0.25, 0.3) is 0 Å². The fourth-order valence-electron chi connectivity index (χ4n) is 2.08. The van der Waals surface area contributed by atoms with E-state index in [1.54, 1.807) is 0 Å². The first-order valence-electron chi connectivity index (χ1n) is 6.93. The second-order valence-electron chi connectivity index (χ2n) is 5.32. The number of anilines is 1. The summed E-state index contributed by atoms with van der Waals surface area (Å²) in [4.78, 5) is 0. The number of nitrogens with one attached hydrogen (secondary N) is 1. The number of nitrogens with zero attached hydrogens (tertiary/aromatic N) is 1. The van der Waals surface area contributed by atoms with Crippen molar-refractivity contribution in [3.63, 3.8) is 0 Å². The summed E-state index contributed by atoms with van der Waals surface area (Å²) in [5, 5.41) is 3.09. The van der Waals surface area contributed by atoms with Gasteiger partial charge in [-0.15, -0.1) is 0 Å². The normalized spacial score (nSPS) is 24.6. The molecule has 1 aliphatic rings. The van der Waals surface area contributed by atoms with Crippen molar-refractivity contribution in [3.8, 4) is 0 Å². The summed E-state index contributed by atoms with van der Waals surface area (Å²) in [7, 11) is -2.92. The highest BCUT2D eigenvalue weighted by atomic mass is 31.2. The van der Waals surface area contributed by atoms with Gasteiger partial charge >= 0.3 is 7.67 Å². The minimum atomic E-state index is -2.92. The minimum absolute atomic E-state index is 0.565. The van der Waals surface area contributed by atoms with Crippen LogP contribution in [0.4, 0.5) is 5.69 Å². The van der Waals surface area contributed by atoms with Crippen molar-refractivity contribution in [2.24, 2.45) is 5.92 Å². The topological polar surface area (TPSA) is 41.6 Å². The standard InChI is InChI=1S/C14H23N2O2P/c1-13(2)9-11-16-10-6-12-18-19(16,17)15-14-7-4-3-5-8-14/h3-5,7-8,13H,6,9-12H2,1-2H3,(H,15,17)/t19-/m0/s1. The molecule has 1 aromatic carbocycles. The largest absolute Gasteiger partial charge is 0.368 e. The molecular formula is C14H23N2O2P. The molecule has 106 valence electrons. The van der Waals surface area contributed by atoms with Crippen LogP contribution < -0.4 is 5.09 Å². The van der Waals surface area contributed by atoms with Crippen LogP contribution in [0.1, 0.15) is 26.7 Å². The summed E-state index contributed by atoms with van der Waals surface area (Å²) in [6, 6.07) is 9.63. The number of rotatable bonds is 5. The minimum Gasteiger partial charge on any atom is -0.303 e. The quantitative estimate of drug-likeness (QED) is 0.830. The molecule has 19 heavy (non-hydrogen) atoms. The van der Waals surface area contributed by atoms with Gasteiger partial charge in [-0.3, -0.25) is 0 Å². The smallest absolute Gasteiger partial charge is 0.303 e. The maximum Gasteiger partial charge on any atom is 0.368 e. The van der Waals surface area contributed by atoms with E-state index in [0.717, 1.165) is 31.6 Å². The van der Waals surface area contributed by atoms with Crippen molar-refractivity contribution in [2.45, 2.75) is 26.7 Å². The molecule has 4 nitrogen and oxygen atoms in total. The molecule has 1 atom stereocenters. The average molecular weight is 282 g/mol. The van der Waals surface area contributed by atoms with E-state index in [9.17, 15) is 4.57 Å². The molecule has 0 spiro atoms. The van der Waals surface area contributed by atoms with Gasteiger partial charge in [0.15, 0.2) is 0 Å². The van der Waals surface area contributed by atoms with Crippen LogP contribution in [0.3, 0.4) is 0 Å². The highest BCUT2D eigenvalue weighted by Crippen LogP contribution is 2.52. The maximum absolute atomic E-state index is 12.9. The van der Waals surface area contributed by atoms with E-state index in [4.69, 9.17) is 4.52 Å². The lowest BCUT2D eigenvalue weighted by Gasteiger charge is -2.35. The lowest BCUT2D eigenvalue weighted by atomic mass is 10.1. The zero-order valence-electron chi connectivity index (χ0n) is 11.7. The molecule has 0 aromatic heterocycles. The SMILES string of the molecule is CC(C)CCN1CCCO[P@@]1(=O)Nc1ccccc1. The van der Waals surface area contributed by atoms with E-state index in [2.05, 4.69) is 18.9 Å². The van der Waals surface area contributed by atoms with Crippen molar-refractivity contribution < 1.29 is 9.09 Å². The molecule has 0 unspecified atom stereocenters. The van der Waals surface area contributed by atoms with Crippen LogP contribution in [0, 0.1) is 5.92 Å². The summed E-state index contributed by atoms with van der Waals surface area (Å²) in [5.41, 5.74) is 0.849. The highest BCUT2D eigenvalue weighted by Gasteiger charge is 2.34. The molecule has 2 rings (SSSR count). The summed E-state index contributed by atoms with van der Waals surface area (Å²) in [6.45, 7) is 6.58. The Kier molecular flexibility index (Phi) is 5.03. The lowest BCUT2D eigenvalue weighted by Crippen LogP contribution is -2.32. The van der Waals surface area contributed by atoms with Crippen LogP contribution in [0.2, 0.25) is 0 Å². The van der Waals surface area contributed by atoms with E-state index in [1.807, 2.05) is 35.0 Å². The summed E-state index contributed by atoms with van der Waals surface area (Å²) >= 11 is 0. The molecule has 0 amide bonds. The summed E-state index contributed by atoms with van der Waals surface area (Å²) in [6.07, 6.45) is 1.97. The van der Waals surface area contributed by atoms with Crippen LogP contribution in [0.25, 0.3) is 0 Å². The van der Waals surface area contributed by atoms with Gasteiger partial charge in [-0.1, -0.05) is 32.0 Å². The Bertz CT molecular complexity index is 436. The predicted molar refractivity (Wildman–Crippen MR) is 79.3 cm³/mol. The van der Waals surface area contributed by atoms with Gasteiger partial charge in [0.05, 0.1) is 6.61 Å². The monoisotopic (exact) mass is 282 g/mol. The Balaban J connectivity index is 2.06. The Morgan fingerprint density at radius 1 is 1.37 bits per heavy atom. The van der Waals surface area contributed by atoms with Crippen LogP contribution in [-0.4, -0.2) is 24.4 Å². The molecule has 5 heteroatoms. The number of para-hydroxylation sites is 1. The summed E-state index contributed by atoms with van der Waals surface area (Å²) < 4.78 is 20.5. The van der Waals surface area contributed by atoms with Gasteiger partial charge in [-0.2, -0.15) is 0 Å². The van der Waals surface area contributed by atoms with Crippen molar-refractivity contribution >= 4 is 13.4 Å². The van der Waals surface area contributed by atoms with E-state index >= 15 is 0 Å². The maximum atomic E-state index is 12.9. The van der Waals surface area contributed by atoms with E-state index in [-0.39, 0.29) is 0 Å². The molecule has 1 saturated heterocycles. The average Bonchev–Trinajstić information content (AvgIpc) is 2.38. The number of hydrogen-bond donors (Lipinski definition) is 1. The first-order chi connectivity index (χ1) is 9.10. The third-order valence-corrected chi connectivity index (χ3v) is 5.43. The van der Waals surface area contributed by atoms with Gasteiger partial charge in [0, 0.05) is 18.8 Å². The summed E-state index contributed by atoms with van der Waals surface area (Å²) in [5.74, 6) is 0.604. The van der Waals surface area contributed by atoms with Crippen molar-refractivity contribution in [1.29, 1.82) is 0 Å². The van der Waals surface area contributed by atoms with E-state index in [1.165, 1.54) is 0 Å². The zero-order valence-corrected chi connectivity index (χ0v) is 12.6. The van der Waals surface area contributed by atoms with E-state index < -0.39 is 7.67 Å². The third-order valence-electron chi connectivity index (χ3n) is 3.21. The lowest BCUT2D eigenvalue weighted by molar-refractivity contribution is 0.205. The first kappa shape index (κ1) is 14.6. The molecule has 1 N–H and O–H groups in total. The molecule has 0 radical (unpaired) electrons. The Morgan fingerprint density at radius 2 is 2.11 bits per heavy atom. The van der Waals surface area contributed by atoms with Crippen LogP contribution in [0.15, 0.2) is 30.3 Å². The predicted octanol–water partition coefficient (Wildman–Crippen LogP) is 3.98. The third kappa shape index (κ3) is 4.07. The van der Waals surface area contributed by atoms with Gasteiger partial charge in [-0.25, -0.2) is 9.24 Å². The highest BCUT2D eigenvalue weighted by molar-refractivity contribution is 7.58. The van der Waals surface area contributed by atoms with Crippen LogP contribution in [0.5, 0.6) is 0 Å². The Hall–Kier alpha value is -0.830. The van der Waals surface area contributed by atoms with Gasteiger partial charge in [-0.05, 0) is 30.9 Å². The van der Waals surface area contributed by atoms with Crippen molar-refractivity contribution in [2.75, 3.05) is 24.8 Å². The molecular weight excluding hydrogens is 259 g/mol. The van der Waals surface area contributed by atoms with Gasteiger partial charge in [0.1, 0.15) is 0 Å². The molecule has 1 aliphatic heterocycles. The van der Waals surface area contributed by atoms with Crippen LogP contribution >= 0.6 is 7.67 Å². The molecule has 1 heterocycles. The number of benzene rings is 1. The van der Waals surface area contributed by atoms with Crippen LogP contribution in [-0.2, 0) is 9.09 Å². The molecule has 1 aromatic rings. The van der Waals surface area contributed by atoms with Crippen molar-refractivity contribution in [1.82, 2.24) is 4.67 Å². The molecule has 1 fully saturated rings. The molecule has 0 bridgehead atoms. The fourth-order valence-corrected chi connectivity index (χ4v) is 4.08. The zero-order chi connectivity index (χ0) is 13.7. The second-order valence-corrected chi connectivity index (χ2v) is 7.41. The van der Waals surface area contributed by atoms with E-state index in [0.29, 0.717) is 12.5 Å². The van der Waals surface area contributed by atoms with Gasteiger partial charge in [0.2, 0.25) is 0 Å². The fraction of sp³-hybridized carbons (Fsp3) is 0.571. The number of hydrogen-bond acceptors (Lipinski definition) is 2. The van der Waals surface area contributed by atoms with Gasteiger partial charge < -0.3 is 9.61 Å².